The van der Waals surface area contributed by atoms with Crippen LogP contribution in [-0.2, 0) is 47.0 Å². The van der Waals surface area contributed by atoms with Crippen molar-refractivity contribution in [2.75, 3.05) is 52.9 Å². The summed E-state index contributed by atoms with van der Waals surface area (Å²) in [6.45, 7) is 6.04. The highest BCUT2D eigenvalue weighted by atomic mass is 31.2. The van der Waals surface area contributed by atoms with E-state index in [1.54, 1.807) is 0 Å². The zero-order valence-corrected chi connectivity index (χ0v) is 31.5. The van der Waals surface area contributed by atoms with Gasteiger partial charge in [0, 0.05) is 26.5 Å². The van der Waals surface area contributed by atoms with Crippen molar-refractivity contribution in [2.24, 2.45) is 0 Å². The summed E-state index contributed by atoms with van der Waals surface area (Å²) < 4.78 is 61.2. The molecule has 16 atom stereocenters. The zero-order valence-electron chi connectivity index (χ0n) is 30.6. The molecule has 0 spiro atoms. The molecule has 3 rings (SSSR count). The van der Waals surface area contributed by atoms with E-state index in [9.17, 15) is 55.4 Å². The molecule has 21 heteroatoms. The van der Waals surface area contributed by atoms with Crippen molar-refractivity contribution in [3.8, 4) is 0 Å². The highest BCUT2D eigenvalue weighted by Crippen LogP contribution is 2.37. The van der Waals surface area contributed by atoms with E-state index in [2.05, 4.69) is 0 Å². The third-order valence-corrected chi connectivity index (χ3v) is 9.46. The molecule has 0 aromatic rings. The van der Waals surface area contributed by atoms with Gasteiger partial charge in [-0.15, -0.1) is 0 Å². The van der Waals surface area contributed by atoms with Gasteiger partial charge < -0.3 is 93.3 Å². The van der Waals surface area contributed by atoms with Gasteiger partial charge in [-0.2, -0.15) is 0 Å². The van der Waals surface area contributed by atoms with Gasteiger partial charge in [0.05, 0.1) is 32.0 Å². The van der Waals surface area contributed by atoms with Gasteiger partial charge >= 0.3 is 7.60 Å². The summed E-state index contributed by atoms with van der Waals surface area (Å²) in [6.07, 6.45) is -21.8. The molecule has 0 saturated carbocycles. The Kier molecular flexibility index (Phi) is 19.3. The molecule has 3 saturated heterocycles. The largest absolute Gasteiger partial charge is 0.394 e. The summed E-state index contributed by atoms with van der Waals surface area (Å²) in [6, 6.07) is 0. The van der Waals surface area contributed by atoms with Gasteiger partial charge in [0.1, 0.15) is 73.2 Å². The van der Waals surface area contributed by atoms with Crippen LogP contribution in [0.25, 0.3) is 0 Å². The fourth-order valence-electron chi connectivity index (χ4n) is 5.85. The normalized spacial score (nSPS) is 39.5. The van der Waals surface area contributed by atoms with Crippen LogP contribution in [0.15, 0.2) is 0 Å². The predicted octanol–water partition coefficient (Wildman–Crippen LogP) is -2.93. The number of hydrogen-bond acceptors (Lipinski definition) is 19. The van der Waals surface area contributed by atoms with Crippen molar-refractivity contribution < 1.29 is 97.8 Å². The molecular weight excluding hydrogens is 735 g/mol. The van der Waals surface area contributed by atoms with Crippen molar-refractivity contribution >= 4 is 7.60 Å². The number of aliphatic hydroxyl groups excluding tert-OH is 9. The molecular formula is C32H61O20P. The van der Waals surface area contributed by atoms with Gasteiger partial charge in [0.15, 0.2) is 18.9 Å². The Morgan fingerprint density at radius 1 is 0.585 bits per heavy atom. The zero-order chi connectivity index (χ0) is 39.5. The Labute approximate surface area is 308 Å². The van der Waals surface area contributed by atoms with Crippen molar-refractivity contribution in [3.05, 3.63) is 0 Å². The Balaban J connectivity index is 1.61. The topological polar surface area (TPSA) is 302 Å². The van der Waals surface area contributed by atoms with Crippen molar-refractivity contribution in [2.45, 2.75) is 151 Å². The third kappa shape index (κ3) is 14.4. The van der Waals surface area contributed by atoms with Crippen LogP contribution in [0.3, 0.4) is 0 Å². The maximum Gasteiger partial charge on any atom is 0.325 e. The smallest absolute Gasteiger partial charge is 0.325 e. The maximum absolute atomic E-state index is 11.3. The minimum absolute atomic E-state index is 0.0333. The van der Waals surface area contributed by atoms with Gasteiger partial charge in [-0.1, -0.05) is 0 Å². The van der Waals surface area contributed by atoms with Crippen LogP contribution in [0, 0.1) is 0 Å². The third-order valence-electron chi connectivity index (χ3n) is 8.80. The quantitative estimate of drug-likeness (QED) is 0.0411. The van der Waals surface area contributed by atoms with Crippen molar-refractivity contribution in [1.29, 1.82) is 0 Å². The first kappa shape index (κ1) is 46.8. The lowest BCUT2D eigenvalue weighted by atomic mass is 9.96. The number of rotatable bonds is 21. The van der Waals surface area contributed by atoms with E-state index >= 15 is 0 Å². The van der Waals surface area contributed by atoms with Crippen molar-refractivity contribution in [1.82, 2.24) is 0 Å². The van der Waals surface area contributed by atoms with Gasteiger partial charge in [-0.25, -0.2) is 0 Å². The minimum atomic E-state index is -3.59. The predicted molar refractivity (Wildman–Crippen MR) is 179 cm³/mol. The number of ether oxygens (including phenoxy) is 8. The second kappa shape index (κ2) is 21.8. The molecule has 0 aromatic heterocycles. The molecule has 53 heavy (non-hydrogen) atoms. The molecule has 3 heterocycles. The summed E-state index contributed by atoms with van der Waals surface area (Å²) in [5.74, 6) is 0. The molecule has 10 N–H and O–H groups in total. The average molecular weight is 797 g/mol. The molecule has 3 aliphatic heterocycles. The molecule has 0 amide bonds. The highest BCUT2D eigenvalue weighted by Gasteiger charge is 2.54. The summed E-state index contributed by atoms with van der Waals surface area (Å²) in [5, 5.41) is 95.8. The summed E-state index contributed by atoms with van der Waals surface area (Å²) in [7, 11) is -3.59. The number of hydrogen-bond donors (Lipinski definition) is 10. The fraction of sp³-hybridized carbons (Fsp3) is 1.00. The average Bonchev–Trinajstić information content (AvgIpc) is 3.08. The number of aliphatic hydroxyl groups is 9. The van der Waals surface area contributed by atoms with E-state index in [1.807, 2.05) is 20.8 Å². The van der Waals surface area contributed by atoms with E-state index in [0.717, 1.165) is 6.66 Å². The minimum Gasteiger partial charge on any atom is -0.394 e. The fourth-order valence-corrected chi connectivity index (χ4v) is 6.32. The van der Waals surface area contributed by atoms with Crippen molar-refractivity contribution in [3.63, 3.8) is 0 Å². The Morgan fingerprint density at radius 3 is 1.64 bits per heavy atom. The second-order valence-corrected chi connectivity index (χ2v) is 16.3. The summed E-state index contributed by atoms with van der Waals surface area (Å²) in [4.78, 5) is 9.20. The van der Waals surface area contributed by atoms with Crippen LogP contribution >= 0.6 is 7.60 Å². The van der Waals surface area contributed by atoms with Crippen LogP contribution in [0.5, 0.6) is 0 Å². The summed E-state index contributed by atoms with van der Waals surface area (Å²) >= 11 is 0. The van der Waals surface area contributed by atoms with Crippen LogP contribution in [0.4, 0.5) is 0 Å². The van der Waals surface area contributed by atoms with Crippen LogP contribution in [0.2, 0.25) is 0 Å². The standard InChI is InChI=1S/C32H61O20P/c1-32(2,3)46-12-9-8-10-44-16-19-20(35)23(38)24(39)30(50-19)51-28-22(37)18(15-34)49-31(26(28)41)52-27-21(36)17(14-33)48-29(25(27)40)45-11-6-5-7-13-47-53(4,42)43/h17-31,33-41H,5-16H2,1-4H3,(H,42,43). The maximum atomic E-state index is 11.3. The van der Waals surface area contributed by atoms with Crippen LogP contribution in [-0.4, -0.2) is 201 Å². The van der Waals surface area contributed by atoms with Gasteiger partial charge in [-0.3, -0.25) is 4.57 Å². The summed E-state index contributed by atoms with van der Waals surface area (Å²) in [5.41, 5.74) is -0.276. The Morgan fingerprint density at radius 2 is 1.08 bits per heavy atom. The van der Waals surface area contributed by atoms with Crippen LogP contribution in [0.1, 0.15) is 52.9 Å². The first-order valence-electron chi connectivity index (χ1n) is 17.9. The van der Waals surface area contributed by atoms with E-state index in [4.69, 9.17) is 42.4 Å². The molecule has 16 unspecified atom stereocenters. The van der Waals surface area contributed by atoms with E-state index in [-0.39, 0.29) is 32.0 Å². The lowest BCUT2D eigenvalue weighted by Gasteiger charge is -2.48. The number of unbranched alkanes of at least 4 members (excludes halogenated alkanes) is 3. The molecule has 314 valence electrons. The lowest BCUT2D eigenvalue weighted by Crippen LogP contribution is -2.67. The van der Waals surface area contributed by atoms with E-state index in [1.165, 1.54) is 0 Å². The molecule has 0 aliphatic carbocycles. The first-order chi connectivity index (χ1) is 24.9. The molecule has 0 bridgehead atoms. The SMILES string of the molecule is CC(C)(C)OCCCCOCC1OC(OC2C(O)C(CO)OC(OC3C(O)C(CO)OC(OCCCCCOP(C)(=O)O)C3O)C2O)C(O)C(O)C1O. The molecule has 0 aromatic carbocycles. The van der Waals surface area contributed by atoms with Gasteiger partial charge in [0.2, 0.25) is 0 Å². The van der Waals surface area contributed by atoms with Crippen LogP contribution < -0.4 is 0 Å². The van der Waals surface area contributed by atoms with Gasteiger partial charge in [0.25, 0.3) is 0 Å². The van der Waals surface area contributed by atoms with E-state index < -0.39 is 113 Å². The first-order valence-corrected chi connectivity index (χ1v) is 19.9. The molecule has 3 aliphatic rings. The van der Waals surface area contributed by atoms with E-state index in [0.29, 0.717) is 38.7 Å². The lowest BCUT2D eigenvalue weighted by molar-refractivity contribution is -0.381. The van der Waals surface area contributed by atoms with Gasteiger partial charge in [-0.05, 0) is 52.9 Å². The monoisotopic (exact) mass is 796 g/mol. The second-order valence-electron chi connectivity index (χ2n) is 14.4. The molecule has 3 fully saturated rings. The Hall–Kier alpha value is -0.530. The highest BCUT2D eigenvalue weighted by molar-refractivity contribution is 7.51. The molecule has 0 radical (unpaired) electrons. The molecule has 20 nitrogen and oxygen atoms in total. The Bertz CT molecular complexity index is 1080.